The Morgan fingerprint density at radius 1 is 1.17 bits per heavy atom. The lowest BCUT2D eigenvalue weighted by molar-refractivity contribution is 0.0523. The second kappa shape index (κ2) is 10.5. The molecule has 0 spiro atoms. The van der Waals surface area contributed by atoms with Crippen LogP contribution in [0.4, 0.5) is 0 Å². The van der Waals surface area contributed by atoms with E-state index in [0.717, 1.165) is 27.8 Å². The number of thiophene rings is 1. The minimum atomic E-state index is -0.614. The van der Waals surface area contributed by atoms with Crippen molar-refractivity contribution in [3.63, 3.8) is 0 Å². The lowest BCUT2D eigenvalue weighted by Gasteiger charge is -2.31. The molecule has 0 aliphatic carbocycles. The van der Waals surface area contributed by atoms with Gasteiger partial charge >= 0.3 is 5.97 Å². The minimum Gasteiger partial charge on any atom is -0.492 e. The molecular formula is C28H26ClNO5S. The number of esters is 1. The number of nitrogens with zero attached hydrogens (tertiary/aromatic N) is 1. The molecule has 6 nitrogen and oxygen atoms in total. The van der Waals surface area contributed by atoms with Crippen molar-refractivity contribution in [1.29, 1.82) is 0 Å². The molecule has 0 N–H and O–H groups in total. The third-order valence-corrected chi connectivity index (χ3v) is 7.79. The summed E-state index contributed by atoms with van der Waals surface area (Å²) in [6.07, 6.45) is 3.05. The molecule has 3 heterocycles. The number of benzene rings is 2. The number of methoxy groups -OCH3 is 1. The Labute approximate surface area is 218 Å². The van der Waals surface area contributed by atoms with Crippen LogP contribution in [0.15, 0.2) is 59.5 Å². The number of pyridine rings is 1. The smallest absolute Gasteiger partial charge is 0.343 e. The molecule has 2 aromatic carbocycles. The van der Waals surface area contributed by atoms with Crippen molar-refractivity contribution in [3.8, 4) is 17.0 Å². The average Bonchev–Trinajstić information content (AvgIpc) is 3.30. The molecule has 1 unspecified atom stereocenters. The number of rotatable bonds is 8. The summed E-state index contributed by atoms with van der Waals surface area (Å²) in [5, 5.41) is 1.63. The molecule has 0 saturated heterocycles. The van der Waals surface area contributed by atoms with Crippen molar-refractivity contribution < 1.29 is 19.0 Å². The van der Waals surface area contributed by atoms with Gasteiger partial charge in [-0.2, -0.15) is 0 Å². The maximum absolute atomic E-state index is 13.0. The molecule has 1 aliphatic rings. The van der Waals surface area contributed by atoms with Crippen molar-refractivity contribution in [3.05, 3.63) is 86.0 Å². The predicted octanol–water partition coefficient (Wildman–Crippen LogP) is 6.12. The van der Waals surface area contributed by atoms with Gasteiger partial charge in [0.05, 0.1) is 30.0 Å². The molecule has 0 fully saturated rings. The predicted molar refractivity (Wildman–Crippen MR) is 143 cm³/mol. The summed E-state index contributed by atoms with van der Waals surface area (Å²) < 4.78 is 19.4. The maximum atomic E-state index is 13.0. The van der Waals surface area contributed by atoms with Gasteiger partial charge in [0.25, 0.3) is 0 Å². The zero-order valence-electron chi connectivity index (χ0n) is 20.1. The number of fused-ring (bicyclic) bond motifs is 4. The van der Waals surface area contributed by atoms with Gasteiger partial charge in [-0.15, -0.1) is 11.3 Å². The zero-order valence-corrected chi connectivity index (χ0v) is 21.7. The molecule has 186 valence electrons. The second-order valence-electron chi connectivity index (χ2n) is 8.61. The average molecular weight is 524 g/mol. The number of carbonyl (C=O) groups is 1. The Kier molecular flexibility index (Phi) is 7.14. The van der Waals surface area contributed by atoms with Crippen LogP contribution in [0.1, 0.15) is 40.2 Å². The molecule has 8 heteroatoms. The van der Waals surface area contributed by atoms with Crippen molar-refractivity contribution in [2.24, 2.45) is 0 Å². The first-order chi connectivity index (χ1) is 17.5. The van der Waals surface area contributed by atoms with E-state index < -0.39 is 5.97 Å². The Morgan fingerprint density at radius 2 is 2.00 bits per heavy atom. The monoisotopic (exact) mass is 523 g/mol. The number of aromatic nitrogens is 1. The van der Waals surface area contributed by atoms with Crippen molar-refractivity contribution >= 4 is 39.0 Å². The third kappa shape index (κ3) is 4.66. The van der Waals surface area contributed by atoms with Crippen molar-refractivity contribution in [2.75, 3.05) is 26.9 Å². The van der Waals surface area contributed by atoms with E-state index in [2.05, 4.69) is 18.2 Å². The van der Waals surface area contributed by atoms with E-state index in [1.54, 1.807) is 31.6 Å². The summed E-state index contributed by atoms with van der Waals surface area (Å²) in [5.74, 6) is -0.00271. The van der Waals surface area contributed by atoms with Gasteiger partial charge in [-0.1, -0.05) is 29.8 Å². The summed E-state index contributed by atoms with van der Waals surface area (Å²) in [7, 11) is 1.66. The van der Waals surface area contributed by atoms with E-state index in [9.17, 15) is 9.59 Å². The van der Waals surface area contributed by atoms with Crippen LogP contribution in [0, 0.1) is 0 Å². The molecule has 4 aromatic rings. The molecule has 1 atom stereocenters. The largest absolute Gasteiger partial charge is 0.492 e. The van der Waals surface area contributed by atoms with Crippen LogP contribution >= 0.6 is 22.9 Å². The van der Waals surface area contributed by atoms with E-state index in [-0.39, 0.29) is 23.6 Å². The number of ether oxygens (including phenoxy) is 3. The van der Waals surface area contributed by atoms with Crippen molar-refractivity contribution in [1.82, 2.24) is 4.57 Å². The van der Waals surface area contributed by atoms with Gasteiger partial charge in [0, 0.05) is 47.5 Å². The first-order valence-electron chi connectivity index (χ1n) is 11.9. The highest BCUT2D eigenvalue weighted by atomic mass is 35.5. The summed E-state index contributed by atoms with van der Waals surface area (Å²) >= 11 is 8.31. The lowest BCUT2D eigenvalue weighted by Crippen LogP contribution is -2.26. The fourth-order valence-corrected chi connectivity index (χ4v) is 5.98. The van der Waals surface area contributed by atoms with E-state index in [4.69, 9.17) is 25.8 Å². The molecule has 5 rings (SSSR count). The van der Waals surface area contributed by atoms with Gasteiger partial charge < -0.3 is 18.8 Å². The minimum absolute atomic E-state index is 0.0272. The highest BCUT2D eigenvalue weighted by Gasteiger charge is 2.29. The molecule has 2 aromatic heterocycles. The van der Waals surface area contributed by atoms with Gasteiger partial charge in [-0.05, 0) is 48.6 Å². The van der Waals surface area contributed by atoms with E-state index >= 15 is 0 Å². The van der Waals surface area contributed by atoms with Crippen LogP contribution < -0.4 is 10.2 Å². The van der Waals surface area contributed by atoms with Crippen LogP contribution in [-0.4, -0.2) is 37.5 Å². The standard InChI is InChI=1S/C28H26ClNO5S/c1-3-34-28(32)20-16-30-22(15-24(20)31)19-14-21(29)25(35-10-6-9-33-2)12-18(19)11-23(30)27-13-17-7-4-5-8-26(17)36-27/h4-5,7-8,12-16,23H,3,6,9-11H2,1-2H3. The molecule has 0 amide bonds. The summed E-state index contributed by atoms with van der Waals surface area (Å²) in [6, 6.07) is 15.6. The Hall–Kier alpha value is -3.13. The van der Waals surface area contributed by atoms with Gasteiger partial charge in [0.1, 0.15) is 11.3 Å². The molecule has 0 bridgehead atoms. The van der Waals surface area contributed by atoms with Crippen LogP contribution in [-0.2, 0) is 15.9 Å². The lowest BCUT2D eigenvalue weighted by atomic mass is 9.91. The third-order valence-electron chi connectivity index (χ3n) is 6.28. The molecule has 0 radical (unpaired) electrons. The van der Waals surface area contributed by atoms with Gasteiger partial charge in [-0.25, -0.2) is 4.79 Å². The Balaban J connectivity index is 1.64. The number of carbonyl (C=O) groups excluding carboxylic acids is 1. The highest BCUT2D eigenvalue weighted by Crippen LogP contribution is 2.43. The quantitative estimate of drug-likeness (QED) is 0.205. The van der Waals surface area contributed by atoms with Crippen LogP contribution in [0.2, 0.25) is 5.02 Å². The fourth-order valence-electron chi connectivity index (χ4n) is 4.60. The normalized spacial score (nSPS) is 14.4. The number of hydrogen-bond donors (Lipinski definition) is 0. The number of hydrogen-bond acceptors (Lipinski definition) is 6. The first-order valence-corrected chi connectivity index (χ1v) is 13.1. The summed E-state index contributed by atoms with van der Waals surface area (Å²) in [6.45, 7) is 3.02. The van der Waals surface area contributed by atoms with Gasteiger partial charge in [0.2, 0.25) is 0 Å². The van der Waals surface area contributed by atoms with Crippen LogP contribution in [0.3, 0.4) is 0 Å². The fraction of sp³-hybridized carbons (Fsp3) is 0.286. The van der Waals surface area contributed by atoms with Crippen LogP contribution in [0.25, 0.3) is 21.3 Å². The summed E-state index contributed by atoms with van der Waals surface area (Å²) in [5.41, 5.74) is 2.25. The van der Waals surface area contributed by atoms with Crippen LogP contribution in [0.5, 0.6) is 5.75 Å². The summed E-state index contributed by atoms with van der Waals surface area (Å²) in [4.78, 5) is 26.7. The van der Waals surface area contributed by atoms with Gasteiger partial charge in [-0.3, -0.25) is 4.79 Å². The Morgan fingerprint density at radius 3 is 2.78 bits per heavy atom. The first kappa shape index (κ1) is 24.6. The van der Waals surface area contributed by atoms with E-state index in [1.165, 1.54) is 10.8 Å². The second-order valence-corrected chi connectivity index (χ2v) is 10.1. The molecule has 1 aliphatic heterocycles. The molecule has 0 saturated carbocycles. The molecular weight excluding hydrogens is 498 g/mol. The zero-order chi connectivity index (χ0) is 25.2. The van der Waals surface area contributed by atoms with Crippen molar-refractivity contribution in [2.45, 2.75) is 25.8 Å². The van der Waals surface area contributed by atoms with Gasteiger partial charge in [0.15, 0.2) is 5.43 Å². The topological polar surface area (TPSA) is 66.8 Å². The molecule has 36 heavy (non-hydrogen) atoms. The van der Waals surface area contributed by atoms with E-state index in [0.29, 0.717) is 36.1 Å². The Bertz CT molecular complexity index is 1460. The SMILES string of the molecule is CCOC(=O)c1cn2c(cc1=O)-c1cc(Cl)c(OCCCOC)cc1CC2c1cc2ccccc2s1. The highest BCUT2D eigenvalue weighted by molar-refractivity contribution is 7.19. The maximum Gasteiger partial charge on any atom is 0.343 e. The van der Waals surface area contributed by atoms with E-state index in [1.807, 2.05) is 28.8 Å². The number of halogens is 1.